The summed E-state index contributed by atoms with van der Waals surface area (Å²) in [5, 5.41) is 5.60. The van der Waals surface area contributed by atoms with E-state index in [1.54, 1.807) is 12.1 Å². The molecule has 0 aliphatic heterocycles. The summed E-state index contributed by atoms with van der Waals surface area (Å²) in [5.74, 6) is 0.610. The highest BCUT2D eigenvalue weighted by atomic mass is 19.4. The number of anilines is 2. The average Bonchev–Trinajstić information content (AvgIpc) is 2.97. The summed E-state index contributed by atoms with van der Waals surface area (Å²) in [7, 11) is 3.73. The normalized spacial score (nSPS) is 11.7. The highest BCUT2D eigenvalue weighted by Gasteiger charge is 2.33. The Morgan fingerprint density at radius 3 is 2.61 bits per heavy atom. The van der Waals surface area contributed by atoms with E-state index in [4.69, 9.17) is 4.42 Å². The summed E-state index contributed by atoms with van der Waals surface area (Å²) in [6.45, 7) is 1.32. The lowest BCUT2D eigenvalue weighted by Gasteiger charge is -2.14. The molecule has 2 aromatic heterocycles. The van der Waals surface area contributed by atoms with Crippen LogP contribution in [0.4, 0.5) is 24.9 Å². The zero-order chi connectivity index (χ0) is 16.9. The zero-order valence-electron chi connectivity index (χ0n) is 12.8. The van der Waals surface area contributed by atoms with Crippen molar-refractivity contribution in [3.8, 4) is 0 Å². The number of alkyl halides is 3. The van der Waals surface area contributed by atoms with Crippen molar-refractivity contribution >= 4 is 11.8 Å². The maximum atomic E-state index is 12.9. The smallest absolute Gasteiger partial charge is 0.433 e. The van der Waals surface area contributed by atoms with Crippen LogP contribution in [0.5, 0.6) is 0 Å². The number of nitrogens with one attached hydrogen (secondary N) is 2. The highest BCUT2D eigenvalue weighted by Crippen LogP contribution is 2.29. The van der Waals surface area contributed by atoms with Crippen LogP contribution in [0.25, 0.3) is 0 Å². The molecule has 9 heteroatoms. The predicted molar refractivity (Wildman–Crippen MR) is 80.1 cm³/mol. The third kappa shape index (κ3) is 5.44. The van der Waals surface area contributed by atoms with Crippen LogP contribution in [0.15, 0.2) is 28.9 Å². The van der Waals surface area contributed by atoms with Gasteiger partial charge in [0.25, 0.3) is 0 Å². The first-order valence-corrected chi connectivity index (χ1v) is 6.96. The molecule has 0 aliphatic carbocycles. The Morgan fingerprint density at radius 2 is 2.00 bits per heavy atom. The monoisotopic (exact) mass is 329 g/mol. The minimum Gasteiger partial charge on any atom is -0.467 e. The standard InChI is InChI=1S/C14H18F3N5O/c1-22(2)6-5-18-13-20-11(14(15,16)17)8-12(21-13)19-9-10-4-3-7-23-10/h3-4,7-8H,5-6,9H2,1-2H3,(H2,18,19,20,21). The molecule has 2 rings (SSSR count). The van der Waals surface area contributed by atoms with Crippen LogP contribution < -0.4 is 10.6 Å². The molecule has 0 aromatic carbocycles. The van der Waals surface area contributed by atoms with Crippen molar-refractivity contribution in [2.75, 3.05) is 37.8 Å². The van der Waals surface area contributed by atoms with Gasteiger partial charge in [-0.25, -0.2) is 4.98 Å². The molecule has 0 saturated carbocycles. The Balaban J connectivity index is 2.12. The molecule has 6 nitrogen and oxygen atoms in total. The lowest BCUT2D eigenvalue weighted by molar-refractivity contribution is -0.141. The molecule has 0 aliphatic rings. The minimum atomic E-state index is -4.54. The Morgan fingerprint density at radius 1 is 1.22 bits per heavy atom. The van der Waals surface area contributed by atoms with Gasteiger partial charge < -0.3 is 20.0 Å². The van der Waals surface area contributed by atoms with Gasteiger partial charge in [-0.15, -0.1) is 0 Å². The van der Waals surface area contributed by atoms with Gasteiger partial charge in [-0.2, -0.15) is 18.2 Å². The number of hydrogen-bond acceptors (Lipinski definition) is 6. The van der Waals surface area contributed by atoms with Crippen molar-refractivity contribution in [3.63, 3.8) is 0 Å². The van der Waals surface area contributed by atoms with E-state index in [0.717, 1.165) is 6.07 Å². The summed E-state index contributed by atoms with van der Waals surface area (Å²) in [6.07, 6.45) is -3.05. The van der Waals surface area contributed by atoms with E-state index in [-0.39, 0.29) is 18.3 Å². The Hall–Kier alpha value is -2.29. The van der Waals surface area contributed by atoms with Crippen molar-refractivity contribution < 1.29 is 17.6 Å². The van der Waals surface area contributed by atoms with Crippen LogP contribution in [-0.4, -0.2) is 42.1 Å². The summed E-state index contributed by atoms with van der Waals surface area (Å²) < 4.78 is 43.9. The number of rotatable bonds is 7. The Labute approximate surface area is 131 Å². The van der Waals surface area contributed by atoms with E-state index in [2.05, 4.69) is 20.6 Å². The van der Waals surface area contributed by atoms with E-state index >= 15 is 0 Å². The molecule has 0 atom stereocenters. The number of hydrogen-bond donors (Lipinski definition) is 2. The summed E-state index contributed by atoms with van der Waals surface area (Å²) in [6, 6.07) is 4.29. The SMILES string of the molecule is CN(C)CCNc1nc(NCc2ccco2)cc(C(F)(F)F)n1. The zero-order valence-corrected chi connectivity index (χ0v) is 12.8. The quantitative estimate of drug-likeness (QED) is 0.814. The van der Waals surface area contributed by atoms with Crippen molar-refractivity contribution in [1.29, 1.82) is 0 Å². The number of aromatic nitrogens is 2. The molecule has 0 unspecified atom stereocenters. The van der Waals surface area contributed by atoms with Crippen LogP contribution in [0.1, 0.15) is 11.5 Å². The van der Waals surface area contributed by atoms with E-state index in [1.165, 1.54) is 6.26 Å². The molecule has 2 heterocycles. The molecular weight excluding hydrogens is 311 g/mol. The fourth-order valence-electron chi connectivity index (χ4n) is 1.74. The summed E-state index contributed by atoms with van der Waals surface area (Å²) >= 11 is 0. The van der Waals surface area contributed by atoms with Gasteiger partial charge >= 0.3 is 6.18 Å². The fourth-order valence-corrected chi connectivity index (χ4v) is 1.74. The Bertz CT molecular complexity index is 613. The van der Waals surface area contributed by atoms with Gasteiger partial charge in [0.2, 0.25) is 5.95 Å². The van der Waals surface area contributed by atoms with Crippen LogP contribution in [0.2, 0.25) is 0 Å². The van der Waals surface area contributed by atoms with Crippen molar-refractivity contribution in [2.24, 2.45) is 0 Å². The molecule has 2 aromatic rings. The van der Waals surface area contributed by atoms with Crippen molar-refractivity contribution in [2.45, 2.75) is 12.7 Å². The van der Waals surface area contributed by atoms with E-state index in [9.17, 15) is 13.2 Å². The first kappa shape index (κ1) is 17.1. The second-order valence-corrected chi connectivity index (χ2v) is 5.12. The first-order valence-electron chi connectivity index (χ1n) is 6.96. The van der Waals surface area contributed by atoms with Crippen LogP contribution in [-0.2, 0) is 12.7 Å². The van der Waals surface area contributed by atoms with Gasteiger partial charge in [-0.1, -0.05) is 0 Å². The molecule has 0 bridgehead atoms. The van der Waals surface area contributed by atoms with E-state index in [1.807, 2.05) is 19.0 Å². The highest BCUT2D eigenvalue weighted by molar-refractivity contribution is 5.43. The lowest BCUT2D eigenvalue weighted by atomic mass is 10.3. The third-order valence-electron chi connectivity index (χ3n) is 2.88. The topological polar surface area (TPSA) is 66.2 Å². The molecule has 0 fully saturated rings. The van der Waals surface area contributed by atoms with Gasteiger partial charge in [0.1, 0.15) is 11.6 Å². The first-order chi connectivity index (χ1) is 10.8. The van der Waals surface area contributed by atoms with Crippen LogP contribution in [0, 0.1) is 0 Å². The van der Waals surface area contributed by atoms with Gasteiger partial charge in [0.05, 0.1) is 12.8 Å². The summed E-state index contributed by atoms with van der Waals surface area (Å²) in [5.41, 5.74) is -0.998. The van der Waals surface area contributed by atoms with Gasteiger partial charge in [0, 0.05) is 19.2 Å². The van der Waals surface area contributed by atoms with Crippen molar-refractivity contribution in [1.82, 2.24) is 14.9 Å². The molecule has 0 saturated heterocycles. The number of likely N-dealkylation sites (N-methyl/N-ethyl adjacent to an activating group) is 1. The molecule has 0 radical (unpaired) electrons. The second kappa shape index (κ2) is 7.32. The largest absolute Gasteiger partial charge is 0.467 e. The average molecular weight is 329 g/mol. The predicted octanol–water partition coefficient (Wildman–Crippen LogP) is 2.67. The molecule has 0 amide bonds. The van der Waals surface area contributed by atoms with Crippen LogP contribution in [0.3, 0.4) is 0 Å². The number of nitrogens with zero attached hydrogens (tertiary/aromatic N) is 3. The number of halogens is 3. The second-order valence-electron chi connectivity index (χ2n) is 5.12. The molecule has 126 valence electrons. The Kier molecular flexibility index (Phi) is 5.43. The third-order valence-corrected chi connectivity index (χ3v) is 2.88. The lowest BCUT2D eigenvalue weighted by Crippen LogP contribution is -2.22. The summed E-state index contributed by atoms with van der Waals surface area (Å²) in [4.78, 5) is 9.47. The van der Waals surface area contributed by atoms with Gasteiger partial charge in [-0.3, -0.25) is 0 Å². The van der Waals surface area contributed by atoms with E-state index in [0.29, 0.717) is 18.8 Å². The maximum absolute atomic E-state index is 12.9. The van der Waals surface area contributed by atoms with E-state index < -0.39 is 11.9 Å². The number of furan rings is 1. The van der Waals surface area contributed by atoms with Gasteiger partial charge in [-0.05, 0) is 26.2 Å². The van der Waals surface area contributed by atoms with Crippen LogP contribution >= 0.6 is 0 Å². The van der Waals surface area contributed by atoms with Crippen molar-refractivity contribution in [3.05, 3.63) is 35.9 Å². The molecule has 2 N–H and O–H groups in total. The fraction of sp³-hybridized carbons (Fsp3) is 0.429. The molecule has 0 spiro atoms. The molecule has 23 heavy (non-hydrogen) atoms. The maximum Gasteiger partial charge on any atom is 0.433 e. The van der Waals surface area contributed by atoms with Gasteiger partial charge in [0.15, 0.2) is 5.69 Å². The molecular formula is C14H18F3N5O. The minimum absolute atomic E-state index is 0.0661.